The third-order valence-corrected chi connectivity index (χ3v) is 9.34. The Balaban J connectivity index is 1.43. The molecule has 0 unspecified atom stereocenters. The number of halogens is 1. The zero-order valence-corrected chi connectivity index (χ0v) is 24.6. The predicted molar refractivity (Wildman–Crippen MR) is 163 cm³/mol. The van der Waals surface area contributed by atoms with E-state index in [0.29, 0.717) is 44.1 Å². The highest BCUT2D eigenvalue weighted by atomic mass is 32.2. The van der Waals surface area contributed by atoms with Gasteiger partial charge in [0.25, 0.3) is 5.56 Å². The van der Waals surface area contributed by atoms with Crippen LogP contribution in [0.5, 0.6) is 0 Å². The molecule has 1 saturated heterocycles. The van der Waals surface area contributed by atoms with E-state index in [9.17, 15) is 13.2 Å². The lowest BCUT2D eigenvalue weighted by molar-refractivity contribution is 0.566. The first kappa shape index (κ1) is 27.9. The van der Waals surface area contributed by atoms with Gasteiger partial charge in [-0.3, -0.25) is 9.36 Å². The Bertz CT molecular complexity index is 1970. The van der Waals surface area contributed by atoms with Crippen LogP contribution in [-0.4, -0.2) is 60.4 Å². The molecule has 3 aromatic heterocycles. The number of benzene rings is 2. The summed E-state index contributed by atoms with van der Waals surface area (Å²) in [5, 5.41) is 6.90. The molecule has 1 fully saturated rings. The molecule has 6 rings (SSSR count). The Morgan fingerprint density at radius 2 is 1.88 bits per heavy atom. The number of anilines is 3. The Kier molecular flexibility index (Phi) is 7.47. The van der Waals surface area contributed by atoms with Gasteiger partial charge < -0.3 is 15.5 Å². The maximum Gasteiger partial charge on any atom is 0.261 e. The zero-order valence-electron chi connectivity index (χ0n) is 23.0. The first-order chi connectivity index (χ1) is 20.2. The number of rotatable bonds is 7. The number of hydrogen-bond acceptors (Lipinski definition) is 10. The summed E-state index contributed by atoms with van der Waals surface area (Å²) in [6, 6.07) is 13.2. The molecule has 216 valence electrons. The molecule has 0 radical (unpaired) electrons. The van der Waals surface area contributed by atoms with Gasteiger partial charge in [0.1, 0.15) is 11.5 Å². The number of fused-ring (bicyclic) bond motifs is 1. The Morgan fingerprint density at radius 1 is 1.10 bits per heavy atom. The van der Waals surface area contributed by atoms with Crippen LogP contribution in [0.3, 0.4) is 0 Å². The molecule has 2 aromatic carbocycles. The van der Waals surface area contributed by atoms with Crippen molar-refractivity contribution in [3.8, 4) is 10.4 Å². The minimum absolute atomic E-state index is 0.0330. The number of aromatic nitrogens is 4. The standard InChI is InChI=1S/C29H28FN7O3S2/c1-18-26(41-17-33-18)22-13-20-15-32-29(34-21-7-8-24(23(30)14-21)36-11-9-31-10-12-36)35-27(20)37(28(22)38)16-19-5-3-4-6-25(19)42(2,39)40/h3-8,13-15,17,31H,9-12,16H2,1-2H3,(H,32,34,35). The van der Waals surface area contributed by atoms with Crippen LogP contribution in [0.2, 0.25) is 0 Å². The summed E-state index contributed by atoms with van der Waals surface area (Å²) in [6.07, 6.45) is 2.73. The van der Waals surface area contributed by atoms with Crippen LogP contribution < -0.4 is 21.1 Å². The Morgan fingerprint density at radius 3 is 2.60 bits per heavy atom. The topological polar surface area (TPSA) is 122 Å². The fraction of sp³-hybridized carbons (Fsp3) is 0.241. The molecular formula is C29H28FN7O3S2. The average Bonchev–Trinajstić information content (AvgIpc) is 3.40. The summed E-state index contributed by atoms with van der Waals surface area (Å²) < 4.78 is 41.6. The molecule has 1 aliphatic rings. The van der Waals surface area contributed by atoms with Gasteiger partial charge >= 0.3 is 0 Å². The number of thiazole rings is 1. The maximum absolute atomic E-state index is 15.1. The summed E-state index contributed by atoms with van der Waals surface area (Å²) in [6.45, 7) is 4.83. The van der Waals surface area contributed by atoms with Crippen LogP contribution in [0.1, 0.15) is 11.3 Å². The fourth-order valence-corrected chi connectivity index (χ4v) is 6.88. The van der Waals surface area contributed by atoms with Crippen LogP contribution in [0.15, 0.2) is 69.9 Å². The molecule has 0 atom stereocenters. The summed E-state index contributed by atoms with van der Waals surface area (Å²) in [7, 11) is -3.56. The highest BCUT2D eigenvalue weighted by Crippen LogP contribution is 2.29. The summed E-state index contributed by atoms with van der Waals surface area (Å²) in [5.41, 5.74) is 4.23. The number of nitrogens with zero attached hydrogens (tertiary/aromatic N) is 5. The van der Waals surface area contributed by atoms with Crippen molar-refractivity contribution in [1.29, 1.82) is 0 Å². The van der Waals surface area contributed by atoms with Crippen molar-refractivity contribution < 1.29 is 12.8 Å². The molecule has 2 N–H and O–H groups in total. The number of hydrogen-bond donors (Lipinski definition) is 2. The first-order valence-electron chi connectivity index (χ1n) is 13.3. The van der Waals surface area contributed by atoms with Crippen molar-refractivity contribution in [1.82, 2.24) is 24.8 Å². The van der Waals surface area contributed by atoms with E-state index in [0.717, 1.165) is 32.4 Å². The second kappa shape index (κ2) is 11.2. The second-order valence-corrected chi connectivity index (χ2v) is 12.9. The van der Waals surface area contributed by atoms with Crippen molar-refractivity contribution in [3.05, 3.63) is 87.7 Å². The molecule has 13 heteroatoms. The van der Waals surface area contributed by atoms with Gasteiger partial charge in [0.15, 0.2) is 9.84 Å². The van der Waals surface area contributed by atoms with E-state index < -0.39 is 9.84 Å². The molecule has 0 spiro atoms. The third kappa shape index (κ3) is 5.50. The normalized spacial score (nSPS) is 13.9. The van der Waals surface area contributed by atoms with E-state index in [-0.39, 0.29) is 28.8 Å². The highest BCUT2D eigenvalue weighted by Gasteiger charge is 2.20. The molecule has 0 aliphatic carbocycles. The Hall–Kier alpha value is -4.20. The SMILES string of the molecule is Cc1ncsc1-c1cc2cnc(Nc3ccc(N4CCNCC4)c(F)c3)nc2n(Cc2ccccc2S(C)(=O)=O)c1=O. The molecular weight excluding hydrogens is 577 g/mol. The average molecular weight is 606 g/mol. The second-order valence-electron chi connectivity index (χ2n) is 10.1. The molecule has 10 nitrogen and oxygen atoms in total. The van der Waals surface area contributed by atoms with E-state index in [4.69, 9.17) is 0 Å². The van der Waals surface area contributed by atoms with E-state index >= 15 is 4.39 Å². The lowest BCUT2D eigenvalue weighted by Gasteiger charge is -2.29. The van der Waals surface area contributed by atoms with Crippen molar-refractivity contribution >= 4 is 49.5 Å². The van der Waals surface area contributed by atoms with Gasteiger partial charge in [0.2, 0.25) is 5.95 Å². The largest absolute Gasteiger partial charge is 0.367 e. The van der Waals surface area contributed by atoms with Crippen LogP contribution in [-0.2, 0) is 16.4 Å². The van der Waals surface area contributed by atoms with E-state index in [1.54, 1.807) is 48.1 Å². The number of sulfone groups is 1. The van der Waals surface area contributed by atoms with E-state index in [1.165, 1.54) is 28.0 Å². The minimum Gasteiger partial charge on any atom is -0.367 e. The van der Waals surface area contributed by atoms with Crippen molar-refractivity contribution in [2.45, 2.75) is 18.4 Å². The molecule has 4 heterocycles. The molecule has 0 amide bonds. The lowest BCUT2D eigenvalue weighted by Crippen LogP contribution is -2.43. The van der Waals surface area contributed by atoms with Gasteiger partial charge in [-0.15, -0.1) is 11.3 Å². The number of piperazine rings is 1. The molecule has 5 aromatic rings. The maximum atomic E-state index is 15.1. The number of nitrogens with one attached hydrogen (secondary N) is 2. The van der Waals surface area contributed by atoms with Gasteiger partial charge in [-0.05, 0) is 42.8 Å². The summed E-state index contributed by atoms with van der Waals surface area (Å²) >= 11 is 1.35. The van der Waals surface area contributed by atoms with Crippen molar-refractivity contribution in [2.24, 2.45) is 0 Å². The van der Waals surface area contributed by atoms with E-state index in [2.05, 4.69) is 25.6 Å². The zero-order chi connectivity index (χ0) is 29.4. The molecule has 1 aliphatic heterocycles. The van der Waals surface area contributed by atoms with Crippen LogP contribution in [0.25, 0.3) is 21.5 Å². The van der Waals surface area contributed by atoms with Gasteiger partial charge in [-0.2, -0.15) is 4.98 Å². The van der Waals surface area contributed by atoms with Crippen LogP contribution in [0.4, 0.5) is 21.7 Å². The van der Waals surface area contributed by atoms with Gasteiger partial charge in [-0.25, -0.2) is 22.8 Å². The summed E-state index contributed by atoms with van der Waals surface area (Å²) in [5.74, 6) is -0.190. The monoisotopic (exact) mass is 605 g/mol. The van der Waals surface area contributed by atoms with Gasteiger partial charge in [0.05, 0.1) is 38.8 Å². The number of pyridine rings is 1. The predicted octanol–water partition coefficient (Wildman–Crippen LogP) is 3.97. The molecule has 0 saturated carbocycles. The Labute approximate surface area is 245 Å². The van der Waals surface area contributed by atoms with Crippen LogP contribution >= 0.6 is 11.3 Å². The van der Waals surface area contributed by atoms with Crippen molar-refractivity contribution in [2.75, 3.05) is 42.7 Å². The fourth-order valence-electron chi connectivity index (χ4n) is 5.13. The molecule has 0 bridgehead atoms. The van der Waals surface area contributed by atoms with Crippen molar-refractivity contribution in [3.63, 3.8) is 0 Å². The minimum atomic E-state index is -3.56. The molecule has 42 heavy (non-hydrogen) atoms. The number of aryl methyl sites for hydroxylation is 1. The first-order valence-corrected chi connectivity index (χ1v) is 16.1. The smallest absolute Gasteiger partial charge is 0.261 e. The van der Waals surface area contributed by atoms with Crippen LogP contribution in [0, 0.1) is 12.7 Å². The lowest BCUT2D eigenvalue weighted by atomic mass is 10.1. The third-order valence-electron chi connectivity index (χ3n) is 7.18. The quantitative estimate of drug-likeness (QED) is 0.284. The highest BCUT2D eigenvalue weighted by molar-refractivity contribution is 7.90. The van der Waals surface area contributed by atoms with E-state index in [1.807, 2.05) is 11.8 Å². The van der Waals surface area contributed by atoms with Gasteiger partial charge in [0, 0.05) is 49.7 Å². The summed E-state index contributed by atoms with van der Waals surface area (Å²) in [4.78, 5) is 30.2. The van der Waals surface area contributed by atoms with Gasteiger partial charge in [-0.1, -0.05) is 18.2 Å².